The van der Waals surface area contributed by atoms with Crippen LogP contribution in [0.2, 0.25) is 0 Å². The molecule has 0 heterocycles. The topological polar surface area (TPSA) is 63.2 Å². The van der Waals surface area contributed by atoms with Crippen LogP contribution in [0.15, 0.2) is 30.9 Å². The van der Waals surface area contributed by atoms with Gasteiger partial charge in [-0.05, 0) is 18.2 Å². The Labute approximate surface area is 133 Å². The SMILES string of the molecule is C=CCS(=O)(=O)CC(=O)Nc1cc(C(F)(F)F)cc(C(F)(F)F)c1. The molecule has 0 spiro atoms. The van der Waals surface area contributed by atoms with Crippen LogP contribution in [-0.4, -0.2) is 25.8 Å². The molecular formula is C13H11F6NO3S. The number of hydrogen-bond acceptors (Lipinski definition) is 3. The van der Waals surface area contributed by atoms with Gasteiger partial charge >= 0.3 is 12.4 Å². The van der Waals surface area contributed by atoms with E-state index in [4.69, 9.17) is 0 Å². The molecule has 4 nitrogen and oxygen atoms in total. The van der Waals surface area contributed by atoms with Crippen LogP contribution in [0.3, 0.4) is 0 Å². The second-order valence-corrected chi connectivity index (χ2v) is 6.80. The first-order valence-electron chi connectivity index (χ1n) is 6.15. The molecule has 0 atom stereocenters. The highest BCUT2D eigenvalue weighted by molar-refractivity contribution is 7.92. The molecule has 0 unspecified atom stereocenters. The van der Waals surface area contributed by atoms with Crippen molar-refractivity contribution in [3.05, 3.63) is 42.0 Å². The fourth-order valence-electron chi connectivity index (χ4n) is 1.66. The van der Waals surface area contributed by atoms with E-state index in [0.717, 1.165) is 6.08 Å². The summed E-state index contributed by atoms with van der Waals surface area (Å²) in [5.74, 6) is -2.92. The minimum Gasteiger partial charge on any atom is -0.325 e. The lowest BCUT2D eigenvalue weighted by atomic mass is 10.1. The number of carbonyl (C=O) groups is 1. The molecule has 1 amide bonds. The molecule has 0 aliphatic heterocycles. The van der Waals surface area contributed by atoms with E-state index in [1.165, 1.54) is 0 Å². The Balaban J connectivity index is 3.15. The van der Waals surface area contributed by atoms with Crippen LogP contribution >= 0.6 is 0 Å². The van der Waals surface area contributed by atoms with Crippen LogP contribution in [0, 0.1) is 0 Å². The van der Waals surface area contributed by atoms with Crippen LogP contribution in [-0.2, 0) is 27.0 Å². The van der Waals surface area contributed by atoms with Crippen LogP contribution in [0.5, 0.6) is 0 Å². The number of anilines is 1. The minimum atomic E-state index is -5.07. The second-order valence-electron chi connectivity index (χ2n) is 4.69. The average molecular weight is 375 g/mol. The monoisotopic (exact) mass is 375 g/mol. The smallest absolute Gasteiger partial charge is 0.325 e. The Kier molecular flexibility index (Phi) is 5.70. The van der Waals surface area contributed by atoms with E-state index in [2.05, 4.69) is 6.58 Å². The van der Waals surface area contributed by atoms with Crippen LogP contribution in [0.4, 0.5) is 32.0 Å². The maximum absolute atomic E-state index is 12.7. The van der Waals surface area contributed by atoms with Gasteiger partial charge in [0.05, 0.1) is 16.9 Å². The molecule has 1 rings (SSSR count). The highest BCUT2D eigenvalue weighted by Gasteiger charge is 2.37. The third-order valence-electron chi connectivity index (χ3n) is 2.59. The molecular weight excluding hydrogens is 364 g/mol. The molecule has 0 bridgehead atoms. The number of hydrogen-bond donors (Lipinski definition) is 1. The Morgan fingerprint density at radius 2 is 1.50 bits per heavy atom. The molecule has 0 aliphatic carbocycles. The first-order chi connectivity index (χ1) is 10.7. The Bertz CT molecular complexity index is 705. The van der Waals surface area contributed by atoms with Crippen molar-refractivity contribution in [2.24, 2.45) is 0 Å². The van der Waals surface area contributed by atoms with Gasteiger partial charge in [-0.3, -0.25) is 4.79 Å². The molecule has 0 aromatic heterocycles. The van der Waals surface area contributed by atoms with Crippen LogP contribution < -0.4 is 5.32 Å². The molecule has 0 radical (unpaired) electrons. The number of nitrogens with one attached hydrogen (secondary N) is 1. The summed E-state index contributed by atoms with van der Waals surface area (Å²) in [6.07, 6.45) is -9.15. The van der Waals surface area contributed by atoms with E-state index in [0.29, 0.717) is 0 Å². The summed E-state index contributed by atoms with van der Waals surface area (Å²) >= 11 is 0. The summed E-state index contributed by atoms with van der Waals surface area (Å²) in [5.41, 5.74) is -4.06. The number of benzene rings is 1. The summed E-state index contributed by atoms with van der Waals surface area (Å²) in [6, 6.07) is 0.463. The van der Waals surface area contributed by atoms with Crippen molar-refractivity contribution in [3.8, 4) is 0 Å². The molecule has 0 aliphatic rings. The summed E-state index contributed by atoms with van der Waals surface area (Å²) < 4.78 is 98.7. The molecule has 1 N–H and O–H groups in total. The first kappa shape index (κ1) is 20.0. The predicted molar refractivity (Wildman–Crippen MR) is 73.9 cm³/mol. The number of sulfone groups is 1. The lowest BCUT2D eigenvalue weighted by Crippen LogP contribution is -2.24. The fraction of sp³-hybridized carbons (Fsp3) is 0.308. The predicted octanol–water partition coefficient (Wildman–Crippen LogP) is 3.26. The van der Waals surface area contributed by atoms with Gasteiger partial charge in [0.15, 0.2) is 9.84 Å². The van der Waals surface area contributed by atoms with Gasteiger partial charge in [-0.15, -0.1) is 6.58 Å². The zero-order valence-corrected chi connectivity index (χ0v) is 12.6. The van der Waals surface area contributed by atoms with Crippen molar-refractivity contribution in [1.82, 2.24) is 0 Å². The van der Waals surface area contributed by atoms with Crippen molar-refractivity contribution in [1.29, 1.82) is 0 Å². The van der Waals surface area contributed by atoms with Gasteiger partial charge in [0.25, 0.3) is 0 Å². The van der Waals surface area contributed by atoms with Gasteiger partial charge in [-0.25, -0.2) is 8.42 Å². The van der Waals surface area contributed by atoms with E-state index in [-0.39, 0.29) is 18.2 Å². The number of carbonyl (C=O) groups excluding carboxylic acids is 1. The van der Waals surface area contributed by atoms with Gasteiger partial charge in [-0.2, -0.15) is 26.3 Å². The van der Waals surface area contributed by atoms with Crippen molar-refractivity contribution in [3.63, 3.8) is 0 Å². The van der Waals surface area contributed by atoms with Crippen LogP contribution in [0.25, 0.3) is 0 Å². The number of amides is 1. The maximum atomic E-state index is 12.7. The average Bonchev–Trinajstić information content (AvgIpc) is 2.34. The van der Waals surface area contributed by atoms with Crippen molar-refractivity contribution in [2.75, 3.05) is 16.8 Å². The molecule has 1 aromatic rings. The van der Waals surface area contributed by atoms with Crippen molar-refractivity contribution < 1.29 is 39.6 Å². The van der Waals surface area contributed by atoms with E-state index in [1.54, 1.807) is 5.32 Å². The standard InChI is InChI=1S/C13H11F6NO3S/c1-2-3-24(22,23)7-11(21)20-10-5-8(12(14,15)16)4-9(6-10)13(17,18)19/h2,4-6H,1,3,7H2,(H,20,21). The minimum absolute atomic E-state index is 0.107. The first-order valence-corrected chi connectivity index (χ1v) is 7.97. The van der Waals surface area contributed by atoms with E-state index in [1.807, 2.05) is 0 Å². The van der Waals surface area contributed by atoms with Gasteiger partial charge < -0.3 is 5.32 Å². The molecule has 0 saturated heterocycles. The third kappa shape index (κ3) is 5.87. The molecule has 0 saturated carbocycles. The van der Waals surface area contributed by atoms with Gasteiger partial charge in [0.1, 0.15) is 5.75 Å². The van der Waals surface area contributed by atoms with Gasteiger partial charge in [0, 0.05) is 5.69 Å². The Morgan fingerprint density at radius 1 is 1.04 bits per heavy atom. The van der Waals surface area contributed by atoms with E-state index < -0.39 is 56.4 Å². The highest BCUT2D eigenvalue weighted by Crippen LogP contribution is 2.37. The number of rotatable bonds is 5. The lowest BCUT2D eigenvalue weighted by Gasteiger charge is -2.14. The molecule has 1 aromatic carbocycles. The van der Waals surface area contributed by atoms with Gasteiger partial charge in [-0.1, -0.05) is 6.08 Å². The van der Waals surface area contributed by atoms with E-state index in [9.17, 15) is 39.6 Å². The molecule has 0 fully saturated rings. The van der Waals surface area contributed by atoms with Crippen LogP contribution in [0.1, 0.15) is 11.1 Å². The largest absolute Gasteiger partial charge is 0.416 e. The Hall–Kier alpha value is -2.04. The number of alkyl halides is 6. The molecule has 134 valence electrons. The summed E-state index contributed by atoms with van der Waals surface area (Å²) in [5, 5.41) is 1.73. The Morgan fingerprint density at radius 3 is 1.88 bits per heavy atom. The van der Waals surface area contributed by atoms with Gasteiger partial charge in [0.2, 0.25) is 5.91 Å². The van der Waals surface area contributed by atoms with Crippen molar-refractivity contribution >= 4 is 21.4 Å². The number of halogens is 6. The third-order valence-corrected chi connectivity index (χ3v) is 4.04. The summed E-state index contributed by atoms with van der Waals surface area (Å²) in [7, 11) is -3.90. The second kappa shape index (κ2) is 6.83. The highest BCUT2D eigenvalue weighted by atomic mass is 32.2. The quantitative estimate of drug-likeness (QED) is 0.635. The maximum Gasteiger partial charge on any atom is 0.416 e. The molecule has 11 heteroatoms. The lowest BCUT2D eigenvalue weighted by molar-refractivity contribution is -0.143. The normalized spacial score (nSPS) is 12.8. The summed E-state index contributed by atoms with van der Waals surface area (Å²) in [4.78, 5) is 11.5. The fourth-order valence-corrected chi connectivity index (χ4v) is 2.61. The summed E-state index contributed by atoms with van der Waals surface area (Å²) in [6.45, 7) is 3.15. The van der Waals surface area contributed by atoms with E-state index >= 15 is 0 Å². The zero-order chi connectivity index (χ0) is 18.8. The molecule has 24 heavy (non-hydrogen) atoms. The zero-order valence-electron chi connectivity index (χ0n) is 11.8. The van der Waals surface area contributed by atoms with Crippen molar-refractivity contribution in [2.45, 2.75) is 12.4 Å².